The Morgan fingerprint density at radius 3 is 2.81 bits per heavy atom. The molecule has 1 aromatic carbocycles. The summed E-state index contributed by atoms with van der Waals surface area (Å²) in [6, 6.07) is 7.81. The van der Waals surface area contributed by atoms with Gasteiger partial charge in [0.1, 0.15) is 0 Å². The summed E-state index contributed by atoms with van der Waals surface area (Å²) >= 11 is 6.12. The first-order valence-electron chi connectivity index (χ1n) is 6.66. The van der Waals surface area contributed by atoms with Gasteiger partial charge < -0.3 is 15.2 Å². The Balaban J connectivity index is 1.77. The van der Waals surface area contributed by atoms with Gasteiger partial charge in [0.2, 0.25) is 5.89 Å². The fourth-order valence-corrected chi connectivity index (χ4v) is 2.04. The lowest BCUT2D eigenvalue weighted by Gasteiger charge is -2.11. The third-order valence-electron chi connectivity index (χ3n) is 2.85. The van der Waals surface area contributed by atoms with Crippen LogP contribution in [0, 0.1) is 6.92 Å². The minimum Gasteiger partial charge on any atom is -0.356 e. The van der Waals surface area contributed by atoms with Crippen molar-refractivity contribution in [3.05, 3.63) is 46.6 Å². The molecule has 0 radical (unpaired) electrons. The largest absolute Gasteiger partial charge is 0.356 e. The Morgan fingerprint density at radius 1 is 1.33 bits per heavy atom. The predicted octanol–water partition coefficient (Wildman–Crippen LogP) is 1.94. The van der Waals surface area contributed by atoms with E-state index in [4.69, 9.17) is 16.1 Å². The zero-order valence-corrected chi connectivity index (χ0v) is 12.8. The molecule has 0 unspecified atom stereocenters. The highest BCUT2D eigenvalue weighted by atomic mass is 35.5. The van der Waals surface area contributed by atoms with Gasteiger partial charge in [-0.05, 0) is 18.1 Å². The normalized spacial score (nSPS) is 11.5. The number of hydrogen-bond donors (Lipinski definition) is 2. The van der Waals surface area contributed by atoms with Gasteiger partial charge >= 0.3 is 0 Å². The van der Waals surface area contributed by atoms with Crippen LogP contribution in [0.3, 0.4) is 0 Å². The third-order valence-corrected chi connectivity index (χ3v) is 3.22. The van der Waals surface area contributed by atoms with Gasteiger partial charge in [-0.1, -0.05) is 35.0 Å². The molecule has 0 atom stereocenters. The van der Waals surface area contributed by atoms with Crippen molar-refractivity contribution in [3.63, 3.8) is 0 Å². The van der Waals surface area contributed by atoms with E-state index in [-0.39, 0.29) is 0 Å². The van der Waals surface area contributed by atoms with Crippen LogP contribution < -0.4 is 10.6 Å². The number of halogens is 1. The Morgan fingerprint density at radius 2 is 2.14 bits per heavy atom. The van der Waals surface area contributed by atoms with E-state index >= 15 is 0 Å². The zero-order valence-electron chi connectivity index (χ0n) is 12.1. The van der Waals surface area contributed by atoms with Crippen molar-refractivity contribution >= 4 is 17.6 Å². The lowest BCUT2D eigenvalue weighted by atomic mass is 10.1. The molecule has 1 aromatic heterocycles. The molecule has 2 N–H and O–H groups in total. The number of aliphatic imine (C=N–C) groups is 1. The molecule has 0 aliphatic rings. The van der Waals surface area contributed by atoms with Crippen LogP contribution in [0.25, 0.3) is 0 Å². The minimum absolute atomic E-state index is 0.461. The molecular formula is C14H18ClN5O. The molecule has 0 spiro atoms. The maximum absolute atomic E-state index is 6.12. The standard InChI is InChI=1S/C14H18ClN5O/c1-10-19-13(20-21-10)9-18-14(16-2)17-8-7-11-5-3-4-6-12(11)15/h3-6H,7-9H2,1-2H3,(H2,16,17,18). The summed E-state index contributed by atoms with van der Waals surface area (Å²) in [6.07, 6.45) is 0.821. The van der Waals surface area contributed by atoms with Gasteiger partial charge in [0.05, 0.1) is 6.54 Å². The number of hydrogen-bond acceptors (Lipinski definition) is 4. The number of guanidine groups is 1. The highest BCUT2D eigenvalue weighted by Gasteiger charge is 2.04. The number of rotatable bonds is 5. The van der Waals surface area contributed by atoms with E-state index in [1.165, 1.54) is 0 Å². The highest BCUT2D eigenvalue weighted by molar-refractivity contribution is 6.31. The highest BCUT2D eigenvalue weighted by Crippen LogP contribution is 2.14. The van der Waals surface area contributed by atoms with Crippen LogP contribution in [-0.2, 0) is 13.0 Å². The average molecular weight is 308 g/mol. The van der Waals surface area contributed by atoms with Crippen molar-refractivity contribution in [1.29, 1.82) is 0 Å². The summed E-state index contributed by atoms with van der Waals surface area (Å²) in [5, 5.41) is 10.9. The molecule has 2 rings (SSSR count). The summed E-state index contributed by atoms with van der Waals surface area (Å²) in [6.45, 7) is 2.95. The molecule has 0 aliphatic heterocycles. The molecule has 6 nitrogen and oxygen atoms in total. The summed E-state index contributed by atoms with van der Waals surface area (Å²) in [5.74, 6) is 1.83. The van der Waals surface area contributed by atoms with Crippen molar-refractivity contribution in [2.45, 2.75) is 19.9 Å². The molecule has 0 saturated carbocycles. The van der Waals surface area contributed by atoms with Crippen LogP contribution in [0.4, 0.5) is 0 Å². The molecule has 0 saturated heterocycles. The monoisotopic (exact) mass is 307 g/mol. The van der Waals surface area contributed by atoms with Crippen LogP contribution in [0.5, 0.6) is 0 Å². The molecule has 7 heteroatoms. The number of aromatic nitrogens is 2. The van der Waals surface area contributed by atoms with Crippen molar-refractivity contribution in [3.8, 4) is 0 Å². The zero-order chi connectivity index (χ0) is 15.1. The molecule has 21 heavy (non-hydrogen) atoms. The summed E-state index contributed by atoms with van der Waals surface area (Å²) < 4.78 is 4.91. The lowest BCUT2D eigenvalue weighted by Crippen LogP contribution is -2.38. The van der Waals surface area contributed by atoms with Crippen molar-refractivity contribution < 1.29 is 4.52 Å². The van der Waals surface area contributed by atoms with E-state index < -0.39 is 0 Å². The maximum atomic E-state index is 6.12. The number of aryl methyl sites for hydroxylation is 1. The predicted molar refractivity (Wildman–Crippen MR) is 82.4 cm³/mol. The van der Waals surface area contributed by atoms with E-state index in [2.05, 4.69) is 25.8 Å². The van der Waals surface area contributed by atoms with Gasteiger partial charge in [0.25, 0.3) is 0 Å². The minimum atomic E-state index is 0.461. The Hall–Kier alpha value is -2.08. The first-order valence-corrected chi connectivity index (χ1v) is 7.04. The van der Waals surface area contributed by atoms with E-state index in [0.717, 1.165) is 23.6 Å². The van der Waals surface area contributed by atoms with E-state index in [9.17, 15) is 0 Å². The molecule has 0 bridgehead atoms. The van der Waals surface area contributed by atoms with E-state index in [1.54, 1.807) is 14.0 Å². The quantitative estimate of drug-likeness (QED) is 0.652. The van der Waals surface area contributed by atoms with Crippen molar-refractivity contribution in [1.82, 2.24) is 20.8 Å². The maximum Gasteiger partial charge on any atom is 0.223 e. The molecule has 2 aromatic rings. The topological polar surface area (TPSA) is 75.3 Å². The van der Waals surface area contributed by atoms with Gasteiger partial charge in [-0.3, -0.25) is 4.99 Å². The van der Waals surface area contributed by atoms with Gasteiger partial charge in [-0.2, -0.15) is 4.98 Å². The van der Waals surface area contributed by atoms with Crippen molar-refractivity contribution in [2.24, 2.45) is 4.99 Å². The van der Waals surface area contributed by atoms with Crippen LogP contribution >= 0.6 is 11.6 Å². The van der Waals surface area contributed by atoms with Gasteiger partial charge in [0, 0.05) is 25.5 Å². The Bertz CT molecular complexity index is 611. The van der Waals surface area contributed by atoms with Gasteiger partial charge in [-0.15, -0.1) is 0 Å². The average Bonchev–Trinajstić information content (AvgIpc) is 2.90. The first-order chi connectivity index (χ1) is 10.2. The van der Waals surface area contributed by atoms with Crippen LogP contribution in [-0.4, -0.2) is 29.7 Å². The Kier molecular flexibility index (Phi) is 5.57. The second-order valence-corrected chi connectivity index (χ2v) is 4.83. The van der Waals surface area contributed by atoms with Crippen LogP contribution in [0.2, 0.25) is 5.02 Å². The summed E-state index contributed by atoms with van der Waals surface area (Å²) in [5.41, 5.74) is 1.11. The fraction of sp³-hybridized carbons (Fsp3) is 0.357. The van der Waals surface area contributed by atoms with Gasteiger partial charge in [0.15, 0.2) is 11.8 Å². The van der Waals surface area contributed by atoms with Crippen molar-refractivity contribution in [2.75, 3.05) is 13.6 Å². The molecular weight excluding hydrogens is 290 g/mol. The molecule has 1 heterocycles. The van der Waals surface area contributed by atoms with Crippen LogP contribution in [0.15, 0.2) is 33.8 Å². The molecule has 0 fully saturated rings. The van der Waals surface area contributed by atoms with Crippen LogP contribution in [0.1, 0.15) is 17.3 Å². The lowest BCUT2D eigenvalue weighted by molar-refractivity contribution is 0.387. The second-order valence-electron chi connectivity index (χ2n) is 4.42. The second kappa shape index (κ2) is 7.64. The molecule has 0 aliphatic carbocycles. The number of nitrogens with one attached hydrogen (secondary N) is 2. The number of benzene rings is 1. The SMILES string of the molecule is CN=C(NCCc1ccccc1Cl)NCc1noc(C)n1. The van der Waals surface area contributed by atoms with E-state index in [1.807, 2.05) is 24.3 Å². The first kappa shape index (κ1) is 15.3. The molecule has 0 amide bonds. The number of nitrogens with zero attached hydrogens (tertiary/aromatic N) is 3. The smallest absolute Gasteiger partial charge is 0.223 e. The van der Waals surface area contributed by atoms with E-state index in [0.29, 0.717) is 24.2 Å². The summed E-state index contributed by atoms with van der Waals surface area (Å²) in [7, 11) is 1.71. The Labute approximate surface area is 128 Å². The molecule has 112 valence electrons. The summed E-state index contributed by atoms with van der Waals surface area (Å²) in [4.78, 5) is 8.25. The third kappa shape index (κ3) is 4.75. The van der Waals surface area contributed by atoms with Gasteiger partial charge in [-0.25, -0.2) is 0 Å². The fourth-order valence-electron chi connectivity index (χ4n) is 1.81.